The molecule has 1 amide bonds. The Morgan fingerprint density at radius 3 is 2.45 bits per heavy atom. The second-order valence-corrected chi connectivity index (χ2v) is 5.35. The second kappa shape index (κ2) is 5.27. The van der Waals surface area contributed by atoms with Gasteiger partial charge in [0.15, 0.2) is 0 Å². The van der Waals surface area contributed by atoms with Gasteiger partial charge in [-0.1, -0.05) is 42.5 Å². The lowest BCUT2D eigenvalue weighted by Crippen LogP contribution is -2.12. The van der Waals surface area contributed by atoms with Gasteiger partial charge < -0.3 is 5.73 Å². The van der Waals surface area contributed by atoms with E-state index in [0.717, 1.165) is 15.8 Å². The van der Waals surface area contributed by atoms with Gasteiger partial charge in [-0.2, -0.15) is 0 Å². The van der Waals surface area contributed by atoms with Gasteiger partial charge in [-0.05, 0) is 23.8 Å². The molecule has 0 saturated heterocycles. The predicted molar refractivity (Wildman–Crippen MR) is 83.1 cm³/mol. The molecule has 1 heterocycles. The van der Waals surface area contributed by atoms with Crippen LogP contribution in [0, 0.1) is 0 Å². The van der Waals surface area contributed by atoms with Crippen molar-refractivity contribution in [3.63, 3.8) is 0 Å². The smallest absolute Gasteiger partial charge is 0.251 e. The average Bonchev–Trinajstić information content (AvgIpc) is 2.89. The Labute approximate surface area is 120 Å². The largest absolute Gasteiger partial charge is 0.366 e. The first-order valence-electron chi connectivity index (χ1n) is 6.16. The van der Waals surface area contributed by atoms with Crippen LogP contribution in [0.4, 0.5) is 0 Å². The molecular weight excluding hydrogens is 268 g/mol. The lowest BCUT2D eigenvalue weighted by molar-refractivity contribution is -0.112. The molecule has 3 nitrogen and oxygen atoms in total. The van der Waals surface area contributed by atoms with Gasteiger partial charge in [0.25, 0.3) is 5.91 Å². The number of carbonyl (C=O) groups is 1. The van der Waals surface area contributed by atoms with Crippen LogP contribution in [0.5, 0.6) is 0 Å². The molecule has 2 N–H and O–H groups in total. The summed E-state index contributed by atoms with van der Waals surface area (Å²) in [6.07, 6.45) is 1.78. The van der Waals surface area contributed by atoms with Crippen molar-refractivity contribution in [1.29, 1.82) is 0 Å². The summed E-state index contributed by atoms with van der Waals surface area (Å²) in [4.78, 5) is 16.2. The number of carbonyl (C=O) groups excluding carboxylic acids is 1. The lowest BCUT2D eigenvalue weighted by atomic mass is 10.1. The molecule has 98 valence electrons. The zero-order valence-corrected chi connectivity index (χ0v) is 11.4. The van der Waals surface area contributed by atoms with Crippen molar-refractivity contribution in [2.24, 2.45) is 5.73 Å². The maximum Gasteiger partial charge on any atom is 0.251 e. The fourth-order valence-electron chi connectivity index (χ4n) is 1.94. The summed E-state index contributed by atoms with van der Waals surface area (Å²) in [7, 11) is 0. The summed E-state index contributed by atoms with van der Waals surface area (Å²) in [5.74, 6) is -0.465. The zero-order valence-electron chi connectivity index (χ0n) is 10.6. The number of para-hydroxylation sites is 1. The third-order valence-corrected chi connectivity index (χ3v) is 3.97. The maximum absolute atomic E-state index is 11.7. The molecule has 0 unspecified atom stereocenters. The van der Waals surface area contributed by atoms with Crippen LogP contribution in [0.25, 0.3) is 21.9 Å². The van der Waals surface area contributed by atoms with Gasteiger partial charge in [0, 0.05) is 0 Å². The van der Waals surface area contributed by atoms with E-state index >= 15 is 0 Å². The average molecular weight is 280 g/mol. The second-order valence-electron chi connectivity index (χ2n) is 4.32. The highest BCUT2D eigenvalue weighted by molar-refractivity contribution is 7.19. The molecular formula is C16H12N2OS. The summed E-state index contributed by atoms with van der Waals surface area (Å²) < 4.78 is 1.04. The number of amides is 1. The first-order chi connectivity index (χ1) is 9.74. The number of primary amides is 1. The Morgan fingerprint density at radius 2 is 1.75 bits per heavy atom. The Hall–Kier alpha value is -2.46. The van der Waals surface area contributed by atoms with Gasteiger partial charge in [-0.25, -0.2) is 4.98 Å². The molecule has 0 spiro atoms. The quantitative estimate of drug-likeness (QED) is 0.748. The molecule has 20 heavy (non-hydrogen) atoms. The minimum atomic E-state index is -0.465. The number of benzene rings is 2. The van der Waals surface area contributed by atoms with Crippen molar-refractivity contribution >= 4 is 39.1 Å². The van der Waals surface area contributed by atoms with Gasteiger partial charge in [0.05, 0.1) is 15.8 Å². The summed E-state index contributed by atoms with van der Waals surface area (Å²) in [6, 6.07) is 17.4. The normalized spacial score (nSPS) is 11.7. The fraction of sp³-hybridized carbons (Fsp3) is 0. The first kappa shape index (κ1) is 12.6. The van der Waals surface area contributed by atoms with E-state index in [1.807, 2.05) is 54.6 Å². The highest BCUT2D eigenvalue weighted by Crippen LogP contribution is 2.28. The van der Waals surface area contributed by atoms with Crippen LogP contribution in [-0.4, -0.2) is 10.9 Å². The van der Waals surface area contributed by atoms with Crippen molar-refractivity contribution in [1.82, 2.24) is 4.98 Å². The monoisotopic (exact) mass is 280 g/mol. The van der Waals surface area contributed by atoms with E-state index in [1.54, 1.807) is 6.08 Å². The van der Waals surface area contributed by atoms with Crippen LogP contribution in [0.1, 0.15) is 10.6 Å². The van der Waals surface area contributed by atoms with Gasteiger partial charge in [0.1, 0.15) is 5.01 Å². The standard InChI is InChI=1S/C16H12N2OS/c17-15(19)12(10-11-6-2-1-3-7-11)16-18-13-8-4-5-9-14(13)20-16/h1-10H,(H2,17,19). The molecule has 3 rings (SSSR count). The van der Waals surface area contributed by atoms with E-state index in [9.17, 15) is 4.79 Å². The van der Waals surface area contributed by atoms with Gasteiger partial charge in [-0.15, -0.1) is 11.3 Å². The Bertz CT molecular complexity index is 757. The zero-order chi connectivity index (χ0) is 13.9. The first-order valence-corrected chi connectivity index (χ1v) is 6.98. The van der Waals surface area contributed by atoms with Crippen LogP contribution in [0.15, 0.2) is 54.6 Å². The molecule has 0 radical (unpaired) electrons. The van der Waals surface area contributed by atoms with E-state index < -0.39 is 5.91 Å². The van der Waals surface area contributed by atoms with Gasteiger partial charge in [0.2, 0.25) is 0 Å². The molecule has 0 aliphatic carbocycles. The molecule has 0 saturated carbocycles. The predicted octanol–water partition coefficient (Wildman–Crippen LogP) is 3.32. The lowest BCUT2D eigenvalue weighted by Gasteiger charge is -1.99. The minimum Gasteiger partial charge on any atom is -0.366 e. The Morgan fingerprint density at radius 1 is 1.05 bits per heavy atom. The number of aromatic nitrogens is 1. The SMILES string of the molecule is NC(=O)C(=Cc1ccccc1)c1nc2ccccc2s1. The number of hydrogen-bond donors (Lipinski definition) is 1. The number of thiazole rings is 1. The van der Waals surface area contributed by atoms with Gasteiger partial charge in [-0.3, -0.25) is 4.79 Å². The molecule has 0 atom stereocenters. The molecule has 0 fully saturated rings. The number of hydrogen-bond acceptors (Lipinski definition) is 3. The van der Waals surface area contributed by atoms with E-state index in [0.29, 0.717) is 10.6 Å². The molecule has 1 aromatic heterocycles. The van der Waals surface area contributed by atoms with E-state index in [1.165, 1.54) is 11.3 Å². The molecule has 2 aromatic carbocycles. The summed E-state index contributed by atoms with van der Waals surface area (Å²) >= 11 is 1.47. The minimum absolute atomic E-state index is 0.442. The Kier molecular flexibility index (Phi) is 3.31. The summed E-state index contributed by atoms with van der Waals surface area (Å²) in [5.41, 5.74) is 7.75. The summed E-state index contributed by atoms with van der Waals surface area (Å²) in [5, 5.41) is 0.655. The molecule has 0 bridgehead atoms. The highest BCUT2D eigenvalue weighted by Gasteiger charge is 2.13. The number of nitrogens with two attached hydrogens (primary N) is 1. The van der Waals surface area contributed by atoms with Crippen molar-refractivity contribution in [3.8, 4) is 0 Å². The molecule has 4 heteroatoms. The van der Waals surface area contributed by atoms with Gasteiger partial charge >= 0.3 is 0 Å². The number of nitrogens with zero attached hydrogens (tertiary/aromatic N) is 1. The summed E-state index contributed by atoms with van der Waals surface area (Å²) in [6.45, 7) is 0. The van der Waals surface area contributed by atoms with E-state index in [-0.39, 0.29) is 0 Å². The van der Waals surface area contributed by atoms with Crippen LogP contribution >= 0.6 is 11.3 Å². The highest BCUT2D eigenvalue weighted by atomic mass is 32.1. The van der Waals surface area contributed by atoms with Crippen molar-refractivity contribution in [2.45, 2.75) is 0 Å². The molecule has 3 aromatic rings. The maximum atomic E-state index is 11.7. The number of fused-ring (bicyclic) bond motifs is 1. The third-order valence-electron chi connectivity index (χ3n) is 2.90. The van der Waals surface area contributed by atoms with Crippen LogP contribution in [0.3, 0.4) is 0 Å². The Balaban J connectivity index is 2.11. The van der Waals surface area contributed by atoms with Crippen molar-refractivity contribution in [3.05, 3.63) is 65.2 Å². The number of rotatable bonds is 3. The third kappa shape index (κ3) is 2.46. The fourth-order valence-corrected chi connectivity index (χ4v) is 2.93. The van der Waals surface area contributed by atoms with Crippen LogP contribution < -0.4 is 5.73 Å². The van der Waals surface area contributed by atoms with Crippen molar-refractivity contribution < 1.29 is 4.79 Å². The van der Waals surface area contributed by atoms with E-state index in [2.05, 4.69) is 4.98 Å². The molecule has 0 aliphatic rings. The van der Waals surface area contributed by atoms with E-state index in [4.69, 9.17) is 5.73 Å². The van der Waals surface area contributed by atoms with Crippen molar-refractivity contribution in [2.75, 3.05) is 0 Å². The van der Waals surface area contributed by atoms with Crippen LogP contribution in [0.2, 0.25) is 0 Å². The molecule has 0 aliphatic heterocycles. The van der Waals surface area contributed by atoms with Crippen LogP contribution in [-0.2, 0) is 4.79 Å². The topological polar surface area (TPSA) is 56.0 Å².